The van der Waals surface area contributed by atoms with Gasteiger partial charge in [-0.2, -0.15) is 0 Å². The first-order valence-electron chi connectivity index (χ1n) is 4.66. The van der Waals surface area contributed by atoms with Crippen molar-refractivity contribution in [2.75, 3.05) is 26.4 Å². The lowest BCUT2D eigenvalue weighted by Gasteiger charge is -2.17. The zero-order chi connectivity index (χ0) is 10.0. The molecule has 0 aromatic carbocycles. The molecule has 0 saturated carbocycles. The molecule has 2 aliphatic heterocycles. The van der Waals surface area contributed by atoms with Crippen LogP contribution in [0.5, 0.6) is 0 Å². The molecule has 0 amide bonds. The van der Waals surface area contributed by atoms with Crippen LogP contribution in [-0.2, 0) is 23.0 Å². The van der Waals surface area contributed by atoms with Crippen molar-refractivity contribution in [2.24, 2.45) is 0 Å². The Morgan fingerprint density at radius 2 is 2.07 bits per heavy atom. The van der Waals surface area contributed by atoms with Gasteiger partial charge in [0.25, 0.3) is 0 Å². The van der Waals surface area contributed by atoms with Gasteiger partial charge in [0, 0.05) is 0 Å². The fourth-order valence-corrected chi connectivity index (χ4v) is 2.28. The van der Waals surface area contributed by atoms with Gasteiger partial charge in [-0.05, 0) is 13.8 Å². The predicted octanol–water partition coefficient (Wildman–Crippen LogP) is 1.43. The highest BCUT2D eigenvalue weighted by Crippen LogP contribution is 2.43. The van der Waals surface area contributed by atoms with Gasteiger partial charge in [0.1, 0.15) is 6.10 Å². The molecular formula is C8H15O5P. The topological polar surface area (TPSA) is 46.2 Å². The Morgan fingerprint density at radius 1 is 1.36 bits per heavy atom. The predicted molar refractivity (Wildman–Crippen MR) is 49.7 cm³/mol. The van der Waals surface area contributed by atoms with E-state index in [1.807, 2.05) is 13.8 Å². The Morgan fingerprint density at radius 3 is 2.64 bits per heavy atom. The van der Waals surface area contributed by atoms with Gasteiger partial charge in [-0.1, -0.05) is 0 Å². The van der Waals surface area contributed by atoms with Crippen molar-refractivity contribution in [1.82, 2.24) is 0 Å². The highest BCUT2D eigenvalue weighted by Gasteiger charge is 2.33. The number of hydrogen-bond acceptors (Lipinski definition) is 5. The maximum absolute atomic E-state index is 5.56. The summed E-state index contributed by atoms with van der Waals surface area (Å²) in [5.74, 6) is -0.487. The summed E-state index contributed by atoms with van der Waals surface area (Å²) in [6.45, 7) is 6.06. The zero-order valence-electron chi connectivity index (χ0n) is 8.39. The van der Waals surface area contributed by atoms with Crippen molar-refractivity contribution < 1.29 is 23.0 Å². The largest absolute Gasteiger partial charge is 0.348 e. The highest BCUT2D eigenvalue weighted by molar-refractivity contribution is 7.41. The fraction of sp³-hybridized carbons (Fsp3) is 1.00. The van der Waals surface area contributed by atoms with Crippen LogP contribution in [0.4, 0.5) is 0 Å². The van der Waals surface area contributed by atoms with Gasteiger partial charge in [-0.25, -0.2) is 0 Å². The average molecular weight is 222 g/mol. The summed E-state index contributed by atoms with van der Waals surface area (Å²) in [6.07, 6.45) is -0.0136. The molecule has 1 atom stereocenters. The average Bonchev–Trinajstić information content (AvgIpc) is 2.70. The van der Waals surface area contributed by atoms with Crippen LogP contribution in [0.25, 0.3) is 0 Å². The van der Waals surface area contributed by atoms with Gasteiger partial charge < -0.3 is 23.0 Å². The Labute approximate surface area is 84.6 Å². The second-order valence-electron chi connectivity index (χ2n) is 3.64. The first-order valence-corrected chi connectivity index (χ1v) is 5.76. The van der Waals surface area contributed by atoms with E-state index in [2.05, 4.69) is 0 Å². The minimum Gasteiger partial charge on any atom is -0.348 e. The molecule has 2 rings (SSSR count). The quantitative estimate of drug-likeness (QED) is 0.676. The molecule has 6 heteroatoms. The molecule has 0 spiro atoms. The van der Waals surface area contributed by atoms with Gasteiger partial charge in [0.15, 0.2) is 5.79 Å². The Hall–Kier alpha value is 0.230. The molecule has 2 fully saturated rings. The third-order valence-corrected chi connectivity index (χ3v) is 3.06. The summed E-state index contributed by atoms with van der Waals surface area (Å²) in [5.41, 5.74) is 0. The first-order chi connectivity index (χ1) is 6.66. The summed E-state index contributed by atoms with van der Waals surface area (Å²) in [7, 11) is -1.13. The number of hydrogen-bond donors (Lipinski definition) is 0. The highest BCUT2D eigenvalue weighted by atomic mass is 31.2. The van der Waals surface area contributed by atoms with Crippen molar-refractivity contribution in [3.8, 4) is 0 Å². The van der Waals surface area contributed by atoms with Crippen LogP contribution in [-0.4, -0.2) is 38.3 Å². The third-order valence-electron chi connectivity index (χ3n) is 1.91. The van der Waals surface area contributed by atoms with Gasteiger partial charge in [0.2, 0.25) is 0 Å². The van der Waals surface area contributed by atoms with Crippen LogP contribution < -0.4 is 0 Å². The maximum Gasteiger partial charge on any atom is 0.332 e. The van der Waals surface area contributed by atoms with Gasteiger partial charge in [0.05, 0.1) is 26.4 Å². The van der Waals surface area contributed by atoms with E-state index in [0.717, 1.165) is 0 Å². The molecule has 2 aliphatic rings. The maximum atomic E-state index is 5.56. The normalized spacial score (nSPS) is 32.6. The summed E-state index contributed by atoms with van der Waals surface area (Å²) < 4.78 is 26.7. The van der Waals surface area contributed by atoms with Crippen molar-refractivity contribution >= 4 is 8.60 Å². The van der Waals surface area contributed by atoms with E-state index in [9.17, 15) is 0 Å². The van der Waals surface area contributed by atoms with Crippen LogP contribution in [0.1, 0.15) is 13.8 Å². The van der Waals surface area contributed by atoms with Crippen molar-refractivity contribution in [3.63, 3.8) is 0 Å². The van der Waals surface area contributed by atoms with E-state index in [0.29, 0.717) is 26.4 Å². The Kier molecular flexibility index (Phi) is 3.37. The summed E-state index contributed by atoms with van der Waals surface area (Å²) in [4.78, 5) is 0. The standard InChI is InChI=1S/C8H15O5P/c1-8(2)9-5-7(13-8)6-12-14-10-3-4-11-14/h7H,3-6H2,1-2H3. The van der Waals surface area contributed by atoms with E-state index in [1.165, 1.54) is 0 Å². The van der Waals surface area contributed by atoms with Crippen molar-refractivity contribution in [3.05, 3.63) is 0 Å². The first kappa shape index (κ1) is 10.7. The van der Waals surface area contributed by atoms with Crippen molar-refractivity contribution in [2.45, 2.75) is 25.7 Å². The lowest BCUT2D eigenvalue weighted by atomic mass is 10.4. The van der Waals surface area contributed by atoms with Crippen LogP contribution in [0, 0.1) is 0 Å². The molecular weight excluding hydrogens is 207 g/mol. The van der Waals surface area contributed by atoms with E-state index >= 15 is 0 Å². The molecule has 0 bridgehead atoms. The lowest BCUT2D eigenvalue weighted by molar-refractivity contribution is -0.141. The molecule has 0 aromatic rings. The summed E-state index contributed by atoms with van der Waals surface area (Å²) >= 11 is 0. The second-order valence-corrected chi connectivity index (χ2v) is 4.86. The Bertz CT molecular complexity index is 192. The van der Waals surface area contributed by atoms with Gasteiger partial charge >= 0.3 is 8.60 Å². The molecule has 0 N–H and O–H groups in total. The number of rotatable bonds is 3. The van der Waals surface area contributed by atoms with E-state index < -0.39 is 14.4 Å². The van der Waals surface area contributed by atoms with E-state index in [1.54, 1.807) is 0 Å². The summed E-state index contributed by atoms with van der Waals surface area (Å²) in [6, 6.07) is 0. The molecule has 1 unspecified atom stereocenters. The summed E-state index contributed by atoms with van der Waals surface area (Å²) in [5, 5.41) is 0. The molecule has 0 radical (unpaired) electrons. The van der Waals surface area contributed by atoms with Gasteiger partial charge in [-0.15, -0.1) is 0 Å². The molecule has 0 aromatic heterocycles. The van der Waals surface area contributed by atoms with Crippen LogP contribution in [0.3, 0.4) is 0 Å². The SMILES string of the molecule is CC1(C)OCC(COP2OCCO2)O1. The zero-order valence-corrected chi connectivity index (χ0v) is 9.29. The fourth-order valence-electron chi connectivity index (χ4n) is 1.32. The molecule has 2 saturated heterocycles. The van der Waals surface area contributed by atoms with Gasteiger partial charge in [-0.3, -0.25) is 0 Å². The molecule has 14 heavy (non-hydrogen) atoms. The van der Waals surface area contributed by atoms with E-state index in [4.69, 9.17) is 23.0 Å². The second kappa shape index (κ2) is 4.39. The number of ether oxygens (including phenoxy) is 2. The lowest BCUT2D eigenvalue weighted by Crippen LogP contribution is -2.23. The van der Waals surface area contributed by atoms with Crippen LogP contribution in [0.15, 0.2) is 0 Å². The Balaban J connectivity index is 1.66. The minimum atomic E-state index is -1.13. The van der Waals surface area contributed by atoms with Crippen molar-refractivity contribution in [1.29, 1.82) is 0 Å². The smallest absolute Gasteiger partial charge is 0.332 e. The monoisotopic (exact) mass is 222 g/mol. The molecule has 2 heterocycles. The molecule has 82 valence electrons. The molecule has 0 aliphatic carbocycles. The van der Waals surface area contributed by atoms with Crippen LogP contribution >= 0.6 is 8.60 Å². The molecule has 5 nitrogen and oxygen atoms in total. The minimum absolute atomic E-state index is 0.0136. The third kappa shape index (κ3) is 2.86. The van der Waals surface area contributed by atoms with E-state index in [-0.39, 0.29) is 6.10 Å². The van der Waals surface area contributed by atoms with Crippen LogP contribution in [0.2, 0.25) is 0 Å².